The van der Waals surface area contributed by atoms with Crippen LogP contribution in [0.3, 0.4) is 0 Å². The molecule has 1 aromatic rings. The van der Waals surface area contributed by atoms with E-state index in [-0.39, 0.29) is 11.5 Å². The molecule has 0 fully saturated rings. The number of hydrogen-bond donors (Lipinski definition) is 1. The van der Waals surface area contributed by atoms with Gasteiger partial charge in [0, 0.05) is 27.9 Å². The molecule has 3 atom stereocenters. The number of aliphatic imine (C=N–C) groups is 1. The van der Waals surface area contributed by atoms with Gasteiger partial charge in [0.2, 0.25) is 5.91 Å². The van der Waals surface area contributed by atoms with E-state index < -0.39 is 41.3 Å². The first-order valence-electron chi connectivity index (χ1n) is 10.9. The summed E-state index contributed by atoms with van der Waals surface area (Å²) in [5, 5.41) is 3.23. The molecule has 8 heteroatoms. The zero-order chi connectivity index (χ0) is 25.1. The molecule has 0 bridgehead atoms. The first-order chi connectivity index (χ1) is 15.3. The average molecular weight is 477 g/mol. The van der Waals surface area contributed by atoms with Crippen LogP contribution in [0.25, 0.3) is 0 Å². The van der Waals surface area contributed by atoms with Crippen molar-refractivity contribution in [1.29, 1.82) is 0 Å². The molecule has 0 spiro atoms. The normalized spacial score (nSPS) is 19.6. The van der Waals surface area contributed by atoms with Crippen molar-refractivity contribution >= 4 is 35.2 Å². The van der Waals surface area contributed by atoms with Crippen molar-refractivity contribution in [2.75, 3.05) is 7.11 Å². The summed E-state index contributed by atoms with van der Waals surface area (Å²) >= 11 is 6.50. The van der Waals surface area contributed by atoms with Crippen molar-refractivity contribution in [2.24, 2.45) is 16.8 Å². The maximum atomic E-state index is 13.6. The van der Waals surface area contributed by atoms with Gasteiger partial charge in [-0.3, -0.25) is 14.6 Å². The number of nitrogens with one attached hydrogen (secondary N) is 1. The van der Waals surface area contributed by atoms with E-state index in [4.69, 9.17) is 21.1 Å². The maximum absolute atomic E-state index is 13.6. The van der Waals surface area contributed by atoms with Crippen LogP contribution in [0.1, 0.15) is 59.9 Å². The van der Waals surface area contributed by atoms with Crippen LogP contribution in [0.2, 0.25) is 5.02 Å². The second-order valence-electron chi connectivity index (χ2n) is 9.48. The van der Waals surface area contributed by atoms with Crippen LogP contribution >= 0.6 is 11.6 Å². The predicted octanol–water partition coefficient (Wildman–Crippen LogP) is 4.44. The number of carbonyl (C=O) groups is 3. The summed E-state index contributed by atoms with van der Waals surface area (Å²) in [4.78, 5) is 43.7. The number of hydrogen-bond acceptors (Lipinski definition) is 6. The number of rotatable bonds is 6. The fourth-order valence-corrected chi connectivity index (χ4v) is 4.16. The van der Waals surface area contributed by atoms with E-state index >= 15 is 0 Å². The average Bonchev–Trinajstić information content (AvgIpc) is 2.69. The van der Waals surface area contributed by atoms with Crippen molar-refractivity contribution in [2.45, 2.75) is 66.0 Å². The van der Waals surface area contributed by atoms with E-state index in [9.17, 15) is 14.4 Å². The molecule has 1 N–H and O–H groups in total. The Morgan fingerprint density at radius 3 is 2.24 bits per heavy atom. The highest BCUT2D eigenvalue weighted by molar-refractivity contribution is 6.31. The fourth-order valence-electron chi connectivity index (χ4n) is 3.91. The van der Waals surface area contributed by atoms with Crippen molar-refractivity contribution in [3.63, 3.8) is 0 Å². The second kappa shape index (κ2) is 10.5. The molecule has 3 unspecified atom stereocenters. The zero-order valence-corrected chi connectivity index (χ0v) is 21.2. The standard InChI is InChI=1S/C25H33ClN2O5/c1-13(2)21(24(31)33-25(5,6)7)28-22(29)18-14(3)27-15(4)19(23(30)32-8)20(18)16-11-9-10-12-17(16)26/h9-13,19-21H,1-8H3,(H,28,29). The quantitative estimate of drug-likeness (QED) is 0.612. The minimum absolute atomic E-state index is 0.228. The topological polar surface area (TPSA) is 94.1 Å². The molecule has 0 saturated heterocycles. The van der Waals surface area contributed by atoms with E-state index in [0.29, 0.717) is 22.0 Å². The molecular weight excluding hydrogens is 444 g/mol. The summed E-state index contributed by atoms with van der Waals surface area (Å²) in [6.07, 6.45) is 0. The molecule has 1 aliphatic heterocycles. The number of benzene rings is 1. The summed E-state index contributed by atoms with van der Waals surface area (Å²) in [5.41, 5.74) is 1.13. The van der Waals surface area contributed by atoms with Crippen LogP contribution in [-0.4, -0.2) is 42.3 Å². The van der Waals surface area contributed by atoms with Crippen LogP contribution in [0.5, 0.6) is 0 Å². The molecule has 1 aromatic carbocycles. The van der Waals surface area contributed by atoms with Crippen LogP contribution in [-0.2, 0) is 23.9 Å². The lowest BCUT2D eigenvalue weighted by Crippen LogP contribution is -2.49. The third-order valence-electron chi connectivity index (χ3n) is 5.38. The van der Waals surface area contributed by atoms with Crippen LogP contribution in [0.4, 0.5) is 0 Å². The SMILES string of the molecule is COC(=O)C1C(C)=NC(C)=C(C(=O)NC(C(=O)OC(C)(C)C)C(C)C)C1c1ccccc1Cl. The maximum Gasteiger partial charge on any atom is 0.329 e. The Bertz CT molecular complexity index is 991. The molecule has 1 heterocycles. The fraction of sp³-hybridized carbons (Fsp3) is 0.520. The molecule has 1 aliphatic rings. The summed E-state index contributed by atoms with van der Waals surface area (Å²) < 4.78 is 10.5. The first kappa shape index (κ1) is 26.6. The summed E-state index contributed by atoms with van der Waals surface area (Å²) in [5.74, 6) is -3.35. The van der Waals surface area contributed by atoms with Gasteiger partial charge >= 0.3 is 11.9 Å². The molecule has 180 valence electrons. The summed E-state index contributed by atoms with van der Waals surface area (Å²) in [6.45, 7) is 12.4. The van der Waals surface area contributed by atoms with Gasteiger partial charge in [-0.25, -0.2) is 4.79 Å². The van der Waals surface area contributed by atoms with Crippen molar-refractivity contribution in [3.05, 3.63) is 46.1 Å². The van der Waals surface area contributed by atoms with E-state index in [1.807, 2.05) is 13.8 Å². The molecule has 0 saturated carbocycles. The third kappa shape index (κ3) is 6.22. The Labute approximate surface area is 200 Å². The highest BCUT2D eigenvalue weighted by Gasteiger charge is 2.43. The first-order valence-corrected chi connectivity index (χ1v) is 11.3. The molecule has 0 aliphatic carbocycles. The number of methoxy groups -OCH3 is 1. The van der Waals surface area contributed by atoms with Gasteiger partial charge in [-0.1, -0.05) is 43.6 Å². The Morgan fingerprint density at radius 2 is 1.73 bits per heavy atom. The van der Waals surface area contributed by atoms with E-state index in [1.165, 1.54) is 7.11 Å². The molecule has 1 amide bonds. The number of nitrogens with zero attached hydrogens (tertiary/aromatic N) is 1. The van der Waals surface area contributed by atoms with Crippen LogP contribution < -0.4 is 5.32 Å². The highest BCUT2D eigenvalue weighted by Crippen LogP contribution is 2.42. The van der Waals surface area contributed by atoms with Gasteiger partial charge in [0.1, 0.15) is 17.6 Å². The Hall–Kier alpha value is -2.67. The monoisotopic (exact) mass is 476 g/mol. The number of esters is 2. The van der Waals surface area contributed by atoms with Gasteiger partial charge in [0.25, 0.3) is 0 Å². The minimum atomic E-state index is -0.882. The lowest BCUT2D eigenvalue weighted by atomic mass is 9.75. The van der Waals surface area contributed by atoms with Crippen molar-refractivity contribution in [1.82, 2.24) is 5.32 Å². The van der Waals surface area contributed by atoms with Gasteiger partial charge in [0.15, 0.2) is 0 Å². The molecule has 0 aromatic heterocycles. The van der Waals surface area contributed by atoms with Gasteiger partial charge in [-0.15, -0.1) is 0 Å². The van der Waals surface area contributed by atoms with Crippen molar-refractivity contribution in [3.8, 4) is 0 Å². The minimum Gasteiger partial charge on any atom is -0.468 e. The second-order valence-corrected chi connectivity index (χ2v) is 9.89. The Kier molecular flexibility index (Phi) is 8.46. The molecular formula is C25H33ClN2O5. The summed E-state index contributed by atoms with van der Waals surface area (Å²) in [6, 6.07) is 6.16. The molecule has 0 radical (unpaired) electrons. The smallest absolute Gasteiger partial charge is 0.329 e. The number of allylic oxidation sites excluding steroid dienone is 1. The molecule has 2 rings (SSSR count). The van der Waals surface area contributed by atoms with Gasteiger partial charge in [-0.05, 0) is 52.2 Å². The summed E-state index contributed by atoms with van der Waals surface area (Å²) in [7, 11) is 1.29. The highest BCUT2D eigenvalue weighted by atomic mass is 35.5. The predicted molar refractivity (Wildman–Crippen MR) is 128 cm³/mol. The zero-order valence-electron chi connectivity index (χ0n) is 20.5. The lowest BCUT2D eigenvalue weighted by Gasteiger charge is -2.33. The van der Waals surface area contributed by atoms with E-state index in [1.54, 1.807) is 58.9 Å². The largest absolute Gasteiger partial charge is 0.468 e. The van der Waals surface area contributed by atoms with Crippen LogP contribution in [0.15, 0.2) is 40.5 Å². The Morgan fingerprint density at radius 1 is 1.12 bits per heavy atom. The number of halogens is 1. The van der Waals surface area contributed by atoms with Crippen LogP contribution in [0, 0.1) is 11.8 Å². The van der Waals surface area contributed by atoms with Gasteiger partial charge < -0.3 is 14.8 Å². The number of carbonyl (C=O) groups excluding carboxylic acids is 3. The number of amides is 1. The van der Waals surface area contributed by atoms with Crippen molar-refractivity contribution < 1.29 is 23.9 Å². The molecule has 7 nitrogen and oxygen atoms in total. The lowest BCUT2D eigenvalue weighted by molar-refractivity contribution is -0.159. The van der Waals surface area contributed by atoms with E-state index in [2.05, 4.69) is 10.3 Å². The van der Waals surface area contributed by atoms with Gasteiger partial charge in [-0.2, -0.15) is 0 Å². The molecule has 33 heavy (non-hydrogen) atoms. The van der Waals surface area contributed by atoms with Gasteiger partial charge in [0.05, 0.1) is 7.11 Å². The third-order valence-corrected chi connectivity index (χ3v) is 5.73. The Balaban J connectivity index is 2.56. The van der Waals surface area contributed by atoms with E-state index in [0.717, 1.165) is 0 Å². The number of ether oxygens (including phenoxy) is 2.